The lowest BCUT2D eigenvalue weighted by Crippen LogP contribution is -2.31. The number of hydrogen-bond donors (Lipinski definition) is 2. The molecular formula is C25H24ClN5O4S. The van der Waals surface area contributed by atoms with Crippen LogP contribution in [0.3, 0.4) is 0 Å². The minimum absolute atomic E-state index is 0.0329. The van der Waals surface area contributed by atoms with E-state index in [0.717, 1.165) is 22.9 Å². The van der Waals surface area contributed by atoms with E-state index in [1.165, 1.54) is 10.6 Å². The summed E-state index contributed by atoms with van der Waals surface area (Å²) in [6.07, 6.45) is 0.876. The number of rotatable bonds is 6. The Bertz CT molecular complexity index is 1650. The zero-order valence-electron chi connectivity index (χ0n) is 20.0. The van der Waals surface area contributed by atoms with Gasteiger partial charge in [-0.3, -0.25) is 14.2 Å². The molecule has 1 atom stereocenters. The third-order valence-corrected chi connectivity index (χ3v) is 6.35. The highest BCUT2D eigenvalue weighted by atomic mass is 35.5. The van der Waals surface area contributed by atoms with Crippen molar-refractivity contribution in [2.24, 2.45) is 7.05 Å². The number of carbonyl (C=O) groups is 1. The van der Waals surface area contributed by atoms with E-state index in [-0.39, 0.29) is 22.1 Å². The van der Waals surface area contributed by atoms with Crippen LogP contribution in [0, 0.1) is 6.92 Å². The number of fused-ring (bicyclic) bond motifs is 1. The third-order valence-electron chi connectivity index (χ3n) is 5.58. The van der Waals surface area contributed by atoms with Crippen molar-refractivity contribution in [2.75, 3.05) is 11.6 Å². The third kappa shape index (κ3) is 5.24. The van der Waals surface area contributed by atoms with Gasteiger partial charge in [-0.15, -0.1) is 0 Å². The molecule has 0 saturated heterocycles. The zero-order chi connectivity index (χ0) is 26.2. The normalized spacial score (nSPS) is 12.4. The van der Waals surface area contributed by atoms with Crippen LogP contribution in [-0.2, 0) is 17.1 Å². The number of anilines is 1. The summed E-state index contributed by atoms with van der Waals surface area (Å²) in [5.74, 6) is -0.394. The van der Waals surface area contributed by atoms with E-state index in [1.54, 1.807) is 19.2 Å². The first kappa shape index (κ1) is 25.3. The van der Waals surface area contributed by atoms with Gasteiger partial charge in [0.05, 0.1) is 28.9 Å². The molecule has 4 rings (SSSR count). The number of carbonyl (C=O) groups excluding carboxylic acids is 1. The maximum Gasteiger partial charge on any atom is 0.285 e. The number of nitrogens with zero attached hydrogens (tertiary/aromatic N) is 3. The fourth-order valence-corrected chi connectivity index (χ4v) is 4.56. The number of sulfonamides is 1. The first-order chi connectivity index (χ1) is 16.9. The highest BCUT2D eigenvalue weighted by molar-refractivity contribution is 7.89. The van der Waals surface area contributed by atoms with E-state index >= 15 is 0 Å². The van der Waals surface area contributed by atoms with Crippen molar-refractivity contribution in [3.63, 3.8) is 0 Å². The average molecular weight is 526 g/mol. The molecule has 2 N–H and O–H groups in total. The first-order valence-corrected chi connectivity index (χ1v) is 13.2. The smallest absolute Gasteiger partial charge is 0.285 e. The van der Waals surface area contributed by atoms with Crippen LogP contribution >= 0.6 is 11.6 Å². The van der Waals surface area contributed by atoms with Gasteiger partial charge in [-0.25, -0.2) is 23.1 Å². The number of hydrogen-bond acceptors (Lipinski definition) is 7. The van der Waals surface area contributed by atoms with E-state index in [0.29, 0.717) is 16.7 Å². The molecule has 0 aliphatic rings. The molecule has 0 radical (unpaired) electrons. The van der Waals surface area contributed by atoms with Crippen molar-refractivity contribution in [3.8, 4) is 11.4 Å². The molecule has 4 aromatic rings. The summed E-state index contributed by atoms with van der Waals surface area (Å²) in [7, 11) is -2.13. The predicted octanol–water partition coefficient (Wildman–Crippen LogP) is 3.82. The summed E-state index contributed by atoms with van der Waals surface area (Å²) in [4.78, 5) is 34.8. The Hall–Kier alpha value is -3.76. The van der Waals surface area contributed by atoms with Crippen LogP contribution in [0.15, 0.2) is 59.4 Å². The highest BCUT2D eigenvalue weighted by Crippen LogP contribution is 2.29. The second-order valence-corrected chi connectivity index (χ2v) is 10.7. The van der Waals surface area contributed by atoms with Crippen molar-refractivity contribution in [3.05, 3.63) is 86.9 Å². The van der Waals surface area contributed by atoms with Gasteiger partial charge in [0, 0.05) is 18.2 Å². The maximum atomic E-state index is 13.3. The van der Waals surface area contributed by atoms with Gasteiger partial charge in [-0.1, -0.05) is 48.0 Å². The Morgan fingerprint density at radius 2 is 1.78 bits per heavy atom. The van der Waals surface area contributed by atoms with Crippen LogP contribution in [0.25, 0.3) is 22.3 Å². The molecule has 0 saturated carbocycles. The number of halogens is 1. The van der Waals surface area contributed by atoms with E-state index in [2.05, 4.69) is 10.3 Å². The van der Waals surface area contributed by atoms with E-state index < -0.39 is 22.0 Å². The molecule has 0 unspecified atom stereocenters. The van der Waals surface area contributed by atoms with Crippen molar-refractivity contribution >= 4 is 44.1 Å². The molecule has 0 spiro atoms. The van der Waals surface area contributed by atoms with E-state index in [1.807, 2.05) is 55.0 Å². The summed E-state index contributed by atoms with van der Waals surface area (Å²) < 4.78 is 26.6. The van der Waals surface area contributed by atoms with Gasteiger partial charge < -0.3 is 5.32 Å². The van der Waals surface area contributed by atoms with Crippen LogP contribution in [0.5, 0.6) is 0 Å². The molecule has 0 bridgehead atoms. The van der Waals surface area contributed by atoms with Gasteiger partial charge in [-0.05, 0) is 37.6 Å². The quantitative estimate of drug-likeness (QED) is 0.367. The molecule has 186 valence electrons. The lowest BCUT2D eigenvalue weighted by molar-refractivity contribution is 0.0977. The number of aromatic nitrogens is 3. The summed E-state index contributed by atoms with van der Waals surface area (Å²) in [6.45, 7) is 3.73. The van der Waals surface area contributed by atoms with Crippen molar-refractivity contribution in [1.29, 1.82) is 0 Å². The Labute approximate surface area is 213 Å². The van der Waals surface area contributed by atoms with Gasteiger partial charge in [0.1, 0.15) is 11.0 Å². The second kappa shape index (κ2) is 9.71. The molecule has 2 aromatic heterocycles. The molecular weight excluding hydrogens is 502 g/mol. The van der Waals surface area contributed by atoms with Gasteiger partial charge in [-0.2, -0.15) is 0 Å². The van der Waals surface area contributed by atoms with Gasteiger partial charge in [0.2, 0.25) is 10.0 Å². The SMILES string of the molecule is Cc1cc([C@@H](C)Nc2ccc(Cl)nc2C(=O)NS(C)(=O)=O)c2nc(-c3ccccc3)n(C)c(=O)c2c1. The minimum Gasteiger partial charge on any atom is -0.377 e. The standard InChI is InChI=1S/C25H24ClN5O4S/c1-14-12-17(15(2)27-19-10-11-20(26)28-22(19)24(32)30-36(4,34)35)21-18(13-14)25(33)31(3)23(29-21)16-8-6-5-7-9-16/h5-13,15,27H,1-4H3,(H,30,32)/t15-/m1/s1. The summed E-state index contributed by atoms with van der Waals surface area (Å²) in [5.41, 5.74) is 2.82. The van der Waals surface area contributed by atoms with Crippen LogP contribution < -0.4 is 15.6 Å². The Morgan fingerprint density at radius 1 is 1.08 bits per heavy atom. The van der Waals surface area contributed by atoms with Gasteiger partial charge in [0.15, 0.2) is 5.69 Å². The Morgan fingerprint density at radius 3 is 2.44 bits per heavy atom. The maximum absolute atomic E-state index is 13.3. The lowest BCUT2D eigenvalue weighted by atomic mass is 10.0. The monoisotopic (exact) mass is 525 g/mol. The van der Waals surface area contributed by atoms with Crippen LogP contribution in [0.1, 0.15) is 34.6 Å². The number of amides is 1. The minimum atomic E-state index is -3.81. The topological polar surface area (TPSA) is 123 Å². The predicted molar refractivity (Wildman–Crippen MR) is 141 cm³/mol. The first-order valence-electron chi connectivity index (χ1n) is 11.0. The average Bonchev–Trinajstić information content (AvgIpc) is 2.81. The van der Waals surface area contributed by atoms with Crippen molar-refractivity contribution < 1.29 is 13.2 Å². The summed E-state index contributed by atoms with van der Waals surface area (Å²) >= 11 is 5.98. The number of pyridine rings is 1. The number of benzene rings is 2. The van der Waals surface area contributed by atoms with Crippen LogP contribution in [0.2, 0.25) is 5.15 Å². The second-order valence-electron chi connectivity index (χ2n) is 8.52. The zero-order valence-corrected chi connectivity index (χ0v) is 21.6. The molecule has 0 aliphatic heterocycles. The fraction of sp³-hybridized carbons (Fsp3) is 0.200. The summed E-state index contributed by atoms with van der Waals surface area (Å²) in [6, 6.07) is 15.7. The largest absolute Gasteiger partial charge is 0.377 e. The number of nitrogens with one attached hydrogen (secondary N) is 2. The molecule has 0 aliphatic carbocycles. The fourth-order valence-electron chi connectivity index (χ4n) is 3.98. The van der Waals surface area contributed by atoms with Crippen LogP contribution in [0.4, 0.5) is 5.69 Å². The molecule has 2 aromatic carbocycles. The molecule has 11 heteroatoms. The van der Waals surface area contributed by atoms with Crippen molar-refractivity contribution in [1.82, 2.24) is 19.3 Å². The highest BCUT2D eigenvalue weighted by Gasteiger charge is 2.21. The molecule has 36 heavy (non-hydrogen) atoms. The van der Waals surface area contributed by atoms with Crippen molar-refractivity contribution in [2.45, 2.75) is 19.9 Å². The van der Waals surface area contributed by atoms with E-state index in [4.69, 9.17) is 16.6 Å². The Kier molecular flexibility index (Phi) is 6.83. The number of aryl methyl sites for hydroxylation is 1. The Balaban J connectivity index is 1.83. The lowest BCUT2D eigenvalue weighted by Gasteiger charge is -2.20. The summed E-state index contributed by atoms with van der Waals surface area (Å²) in [5, 5.41) is 3.70. The molecule has 2 heterocycles. The van der Waals surface area contributed by atoms with Gasteiger partial charge >= 0.3 is 0 Å². The molecule has 0 fully saturated rings. The molecule has 9 nitrogen and oxygen atoms in total. The van der Waals surface area contributed by atoms with Crippen LogP contribution in [-0.4, -0.2) is 35.1 Å². The van der Waals surface area contributed by atoms with E-state index in [9.17, 15) is 18.0 Å². The molecule has 1 amide bonds. The van der Waals surface area contributed by atoms with Gasteiger partial charge in [0.25, 0.3) is 11.5 Å².